The second kappa shape index (κ2) is 12.7. The van der Waals surface area contributed by atoms with Gasteiger partial charge in [-0.25, -0.2) is 9.18 Å². The Morgan fingerprint density at radius 2 is 1.76 bits per heavy atom. The van der Waals surface area contributed by atoms with E-state index >= 15 is 4.39 Å². The molecule has 42 heavy (non-hydrogen) atoms. The summed E-state index contributed by atoms with van der Waals surface area (Å²) in [5, 5.41) is 12.1. The van der Waals surface area contributed by atoms with Crippen molar-refractivity contribution in [1.29, 1.82) is 0 Å². The number of carbonyl (C=O) groups is 3. The predicted molar refractivity (Wildman–Crippen MR) is 154 cm³/mol. The van der Waals surface area contributed by atoms with Crippen molar-refractivity contribution >= 4 is 18.0 Å². The van der Waals surface area contributed by atoms with Gasteiger partial charge in [0.05, 0.1) is 18.2 Å². The van der Waals surface area contributed by atoms with Crippen molar-refractivity contribution in [3.8, 4) is 11.1 Å². The highest BCUT2D eigenvalue weighted by molar-refractivity contribution is 5.80. The van der Waals surface area contributed by atoms with Gasteiger partial charge >= 0.3 is 12.1 Å². The molecule has 220 valence electrons. The molecule has 3 aromatic rings. The van der Waals surface area contributed by atoms with Crippen LogP contribution in [0.4, 0.5) is 9.18 Å². The summed E-state index contributed by atoms with van der Waals surface area (Å²) in [5.74, 6) is -1.56. The van der Waals surface area contributed by atoms with Gasteiger partial charge < -0.3 is 19.9 Å². The molecule has 0 bridgehead atoms. The first-order valence-corrected chi connectivity index (χ1v) is 14.2. The number of carboxylic acids is 1. The third-order valence-corrected chi connectivity index (χ3v) is 8.14. The number of amides is 2. The number of likely N-dealkylation sites (tertiary alicyclic amines) is 1. The van der Waals surface area contributed by atoms with Crippen LogP contribution in [0.5, 0.6) is 0 Å². The van der Waals surface area contributed by atoms with Gasteiger partial charge in [-0.15, -0.1) is 0 Å². The Balaban J connectivity index is 1.45. The van der Waals surface area contributed by atoms with E-state index in [9.17, 15) is 14.4 Å². The van der Waals surface area contributed by atoms with E-state index in [2.05, 4.69) is 5.32 Å². The van der Waals surface area contributed by atoms with E-state index in [4.69, 9.17) is 14.6 Å². The van der Waals surface area contributed by atoms with E-state index in [0.29, 0.717) is 36.0 Å². The molecular formula is C33H35FN2O6. The molecule has 5 rings (SSSR count). The van der Waals surface area contributed by atoms with Crippen LogP contribution in [0.25, 0.3) is 11.1 Å². The molecule has 0 radical (unpaired) electrons. The van der Waals surface area contributed by atoms with Gasteiger partial charge in [-0.05, 0) is 54.9 Å². The molecule has 3 aromatic carbocycles. The Hall–Kier alpha value is -4.24. The number of hydrogen-bond acceptors (Lipinski definition) is 5. The minimum absolute atomic E-state index is 0.0306. The van der Waals surface area contributed by atoms with Crippen LogP contribution < -0.4 is 5.32 Å². The highest BCUT2D eigenvalue weighted by Crippen LogP contribution is 2.39. The van der Waals surface area contributed by atoms with Gasteiger partial charge in [0.15, 0.2) is 0 Å². The smallest absolute Gasteiger partial charge is 0.410 e. The lowest BCUT2D eigenvalue weighted by Crippen LogP contribution is -2.64. The normalized spacial score (nSPS) is 21.8. The number of morpholine rings is 1. The first-order valence-electron chi connectivity index (χ1n) is 14.2. The molecular weight excluding hydrogens is 539 g/mol. The topological polar surface area (TPSA) is 105 Å². The zero-order valence-electron chi connectivity index (χ0n) is 23.6. The number of benzene rings is 3. The van der Waals surface area contributed by atoms with Crippen LogP contribution in [0.1, 0.15) is 42.9 Å². The molecule has 9 heteroatoms. The van der Waals surface area contributed by atoms with Crippen molar-refractivity contribution in [1.82, 2.24) is 10.2 Å². The van der Waals surface area contributed by atoms with Crippen LogP contribution >= 0.6 is 0 Å². The van der Waals surface area contributed by atoms with Crippen molar-refractivity contribution in [2.24, 2.45) is 0 Å². The van der Waals surface area contributed by atoms with Gasteiger partial charge in [-0.1, -0.05) is 72.8 Å². The Bertz CT molecular complexity index is 1450. The number of hydrogen-bond donors (Lipinski definition) is 2. The fourth-order valence-electron chi connectivity index (χ4n) is 6.28. The summed E-state index contributed by atoms with van der Waals surface area (Å²) in [5.41, 5.74) is 2.31. The number of halogens is 1. The molecule has 1 spiro atoms. The van der Waals surface area contributed by atoms with Gasteiger partial charge in [0.1, 0.15) is 19.0 Å². The summed E-state index contributed by atoms with van der Waals surface area (Å²) in [7, 11) is 0. The summed E-state index contributed by atoms with van der Waals surface area (Å²) in [6.07, 6.45) is 1.01. The highest BCUT2D eigenvalue weighted by Gasteiger charge is 2.55. The summed E-state index contributed by atoms with van der Waals surface area (Å²) in [6, 6.07) is 21.0. The molecule has 2 heterocycles. The van der Waals surface area contributed by atoms with Crippen molar-refractivity contribution in [3.05, 3.63) is 95.3 Å². The average molecular weight is 575 g/mol. The van der Waals surface area contributed by atoms with E-state index in [0.717, 1.165) is 11.1 Å². The van der Waals surface area contributed by atoms with Gasteiger partial charge in [-0.2, -0.15) is 0 Å². The molecule has 2 N–H and O–H groups in total. The quantitative estimate of drug-likeness (QED) is 0.367. The lowest BCUT2D eigenvalue weighted by Gasteiger charge is -2.41. The van der Waals surface area contributed by atoms with E-state index in [-0.39, 0.29) is 44.6 Å². The molecule has 0 aromatic heterocycles. The number of aliphatic carboxylic acids is 1. The number of carbonyl (C=O) groups excluding carboxylic acids is 2. The second-order valence-corrected chi connectivity index (χ2v) is 11.1. The Morgan fingerprint density at radius 3 is 2.52 bits per heavy atom. The minimum atomic E-state index is -0.891. The van der Waals surface area contributed by atoms with Gasteiger partial charge in [0, 0.05) is 18.0 Å². The molecule has 0 saturated carbocycles. The van der Waals surface area contributed by atoms with Gasteiger partial charge in [0.2, 0.25) is 5.91 Å². The number of nitrogens with one attached hydrogen (secondary N) is 1. The highest BCUT2D eigenvalue weighted by atomic mass is 19.1. The maximum absolute atomic E-state index is 16.3. The SMILES string of the molecule is CC1CC2(COCC(=O)N2)C(Cc2cccc(-c3ccccc3CCCC(=O)O)c2F)N1C(=O)OCc1ccccc1. The molecule has 2 fully saturated rings. The maximum atomic E-state index is 16.3. The van der Waals surface area contributed by atoms with Gasteiger partial charge in [-0.3, -0.25) is 14.5 Å². The van der Waals surface area contributed by atoms with Crippen molar-refractivity contribution in [2.45, 2.75) is 63.3 Å². The third kappa shape index (κ3) is 6.31. The fourth-order valence-corrected chi connectivity index (χ4v) is 6.28. The number of aryl methyl sites for hydroxylation is 1. The van der Waals surface area contributed by atoms with E-state index in [1.165, 1.54) is 0 Å². The number of nitrogens with zero attached hydrogens (tertiary/aromatic N) is 1. The number of rotatable bonds is 9. The summed E-state index contributed by atoms with van der Waals surface area (Å²) < 4.78 is 27.7. The van der Waals surface area contributed by atoms with Gasteiger partial charge in [0.25, 0.3) is 0 Å². The Labute approximate surface area is 244 Å². The molecule has 2 saturated heterocycles. The summed E-state index contributed by atoms with van der Waals surface area (Å²) >= 11 is 0. The lowest BCUT2D eigenvalue weighted by atomic mass is 9.84. The molecule has 2 amide bonds. The number of carboxylic acid groups (broad SMARTS) is 1. The van der Waals surface area contributed by atoms with E-state index < -0.39 is 29.5 Å². The second-order valence-electron chi connectivity index (χ2n) is 11.1. The molecule has 8 nitrogen and oxygen atoms in total. The average Bonchev–Trinajstić information content (AvgIpc) is 3.22. The zero-order valence-corrected chi connectivity index (χ0v) is 23.6. The predicted octanol–water partition coefficient (Wildman–Crippen LogP) is 5.13. The van der Waals surface area contributed by atoms with Crippen LogP contribution in [0.3, 0.4) is 0 Å². The van der Waals surface area contributed by atoms with Crippen molar-refractivity contribution in [2.75, 3.05) is 13.2 Å². The monoisotopic (exact) mass is 574 g/mol. The molecule has 0 aliphatic carbocycles. The molecule has 2 aliphatic heterocycles. The fraction of sp³-hybridized carbons (Fsp3) is 0.364. The lowest BCUT2D eigenvalue weighted by molar-refractivity contribution is -0.137. The first-order chi connectivity index (χ1) is 20.3. The Kier molecular flexibility index (Phi) is 8.87. The van der Waals surface area contributed by atoms with Crippen molar-refractivity contribution < 1.29 is 33.4 Å². The number of ether oxygens (including phenoxy) is 2. The van der Waals surface area contributed by atoms with E-state index in [1.54, 1.807) is 23.1 Å². The minimum Gasteiger partial charge on any atom is -0.481 e. The maximum Gasteiger partial charge on any atom is 0.410 e. The summed E-state index contributed by atoms with van der Waals surface area (Å²) in [6.45, 7) is 2.12. The van der Waals surface area contributed by atoms with Crippen LogP contribution in [0.2, 0.25) is 0 Å². The zero-order chi connectivity index (χ0) is 29.7. The molecule has 3 atom stereocenters. The first kappa shape index (κ1) is 29.3. The standard InChI is InChI=1S/C33H35FN2O6/c1-22-18-33(21-41-20-29(37)35-33)28(36(22)32(40)42-19-23-9-3-2-4-10-23)17-25-13-7-15-27(31(25)34)26-14-6-5-11-24(26)12-8-16-30(38)39/h2-7,9-11,13-15,22,28H,8,12,16-21H2,1H3,(H,35,37)(H,38,39). The van der Waals surface area contributed by atoms with Crippen LogP contribution in [-0.4, -0.2) is 58.8 Å². The molecule has 2 aliphatic rings. The summed E-state index contributed by atoms with van der Waals surface area (Å²) in [4.78, 5) is 38.7. The third-order valence-electron chi connectivity index (χ3n) is 8.14. The van der Waals surface area contributed by atoms with E-state index in [1.807, 2.05) is 61.5 Å². The Morgan fingerprint density at radius 1 is 1.05 bits per heavy atom. The van der Waals surface area contributed by atoms with Crippen LogP contribution in [0, 0.1) is 5.82 Å². The molecule has 3 unspecified atom stereocenters. The van der Waals surface area contributed by atoms with Crippen molar-refractivity contribution in [3.63, 3.8) is 0 Å². The van der Waals surface area contributed by atoms with Crippen LogP contribution in [-0.2, 0) is 38.5 Å². The van der Waals surface area contributed by atoms with Crippen LogP contribution in [0.15, 0.2) is 72.8 Å². The largest absolute Gasteiger partial charge is 0.481 e.